The van der Waals surface area contributed by atoms with Crippen LogP contribution in [0.4, 0.5) is 4.79 Å². The number of ether oxygens (including phenoxy) is 1. The zero-order valence-corrected chi connectivity index (χ0v) is 15.5. The van der Waals surface area contributed by atoms with Crippen molar-refractivity contribution in [3.05, 3.63) is 16.3 Å². The molecule has 3 saturated heterocycles. The van der Waals surface area contributed by atoms with Crippen molar-refractivity contribution in [1.82, 2.24) is 25.0 Å². The number of H-pyrrole nitrogens is 1. The van der Waals surface area contributed by atoms with Crippen LogP contribution in [0.5, 0.6) is 0 Å². The molecular weight excluding hydrogens is 346 g/mol. The van der Waals surface area contributed by atoms with Gasteiger partial charge in [-0.25, -0.2) is 14.3 Å². The van der Waals surface area contributed by atoms with E-state index in [0.717, 1.165) is 56.3 Å². The van der Waals surface area contributed by atoms with E-state index < -0.39 is 0 Å². The molecule has 1 aromatic heterocycles. The number of urea groups is 1. The average molecular weight is 373 g/mol. The molecule has 2 amide bonds. The van der Waals surface area contributed by atoms with E-state index in [2.05, 4.69) is 15.4 Å². The van der Waals surface area contributed by atoms with Crippen LogP contribution in [0.3, 0.4) is 0 Å². The van der Waals surface area contributed by atoms with Crippen LogP contribution in [0.15, 0.2) is 4.79 Å². The standard InChI is InChI=1S/C19H27N5O3/c25-18(20-9-11-7-15-13-8-14(13)16(11)27-15)23-5-3-12(4-6-23)24-19(26)21-17(22-24)10-1-2-10/h10-16H,1-9H2,(H,20,25)(H,21,22,26)/t11-,13+,14-,15-,16+/m0/s1. The molecule has 6 rings (SSSR count). The van der Waals surface area contributed by atoms with E-state index in [1.807, 2.05) is 4.90 Å². The van der Waals surface area contributed by atoms with Crippen molar-refractivity contribution in [3.8, 4) is 0 Å². The summed E-state index contributed by atoms with van der Waals surface area (Å²) in [5.74, 6) is 3.38. The Balaban J connectivity index is 1.01. The fraction of sp³-hybridized carbons (Fsp3) is 0.842. The van der Waals surface area contributed by atoms with Gasteiger partial charge in [0.1, 0.15) is 5.82 Å². The number of hydrogen-bond donors (Lipinski definition) is 2. The molecule has 0 aromatic carbocycles. The average Bonchev–Trinajstić information content (AvgIpc) is 3.59. The van der Waals surface area contributed by atoms with Gasteiger partial charge in [0.25, 0.3) is 0 Å². The predicted octanol–water partition coefficient (Wildman–Crippen LogP) is 1.22. The maximum absolute atomic E-state index is 12.5. The van der Waals surface area contributed by atoms with Crippen LogP contribution < -0.4 is 11.0 Å². The number of fused-ring (bicyclic) bond motifs is 5. The summed E-state index contributed by atoms with van der Waals surface area (Å²) in [7, 11) is 0. The molecule has 5 fully saturated rings. The monoisotopic (exact) mass is 373 g/mol. The van der Waals surface area contributed by atoms with Crippen molar-refractivity contribution in [2.75, 3.05) is 19.6 Å². The number of aromatic nitrogens is 3. The first-order chi connectivity index (χ1) is 13.2. The summed E-state index contributed by atoms with van der Waals surface area (Å²) >= 11 is 0. The first-order valence-electron chi connectivity index (χ1n) is 10.5. The third-order valence-corrected chi connectivity index (χ3v) is 7.36. The van der Waals surface area contributed by atoms with Crippen LogP contribution in [-0.4, -0.2) is 57.5 Å². The highest BCUT2D eigenvalue weighted by molar-refractivity contribution is 5.74. The van der Waals surface area contributed by atoms with Crippen molar-refractivity contribution in [2.45, 2.75) is 62.7 Å². The summed E-state index contributed by atoms with van der Waals surface area (Å²) < 4.78 is 7.63. The highest BCUT2D eigenvalue weighted by atomic mass is 16.5. The molecule has 0 radical (unpaired) electrons. The molecular formula is C19H27N5O3. The minimum atomic E-state index is -0.102. The molecule has 4 heterocycles. The van der Waals surface area contributed by atoms with Crippen LogP contribution in [0.25, 0.3) is 0 Å². The van der Waals surface area contributed by atoms with Gasteiger partial charge in [0.05, 0.1) is 18.2 Å². The van der Waals surface area contributed by atoms with Crippen molar-refractivity contribution in [2.24, 2.45) is 17.8 Å². The lowest BCUT2D eigenvalue weighted by Gasteiger charge is -2.32. The van der Waals surface area contributed by atoms with Gasteiger partial charge in [0, 0.05) is 31.5 Å². The SMILES string of the molecule is O=C(NC[C@@H]1C[C@@H]2O[C@H]1[C@H]1C[C@H]12)N1CCC(n2nc(C3CC3)[nH]c2=O)CC1. The third kappa shape index (κ3) is 2.71. The molecule has 5 atom stereocenters. The summed E-state index contributed by atoms with van der Waals surface area (Å²) in [6, 6.07) is 0.118. The maximum atomic E-state index is 12.5. The fourth-order valence-corrected chi connectivity index (χ4v) is 5.55. The van der Waals surface area contributed by atoms with Gasteiger partial charge in [0.2, 0.25) is 0 Å². The Kier molecular flexibility index (Phi) is 3.49. The number of likely N-dealkylation sites (tertiary alicyclic amines) is 1. The maximum Gasteiger partial charge on any atom is 0.343 e. The summed E-state index contributed by atoms with van der Waals surface area (Å²) in [5.41, 5.74) is -0.102. The number of aromatic amines is 1. The quantitative estimate of drug-likeness (QED) is 0.830. The smallest absolute Gasteiger partial charge is 0.343 e. The molecule has 5 aliphatic rings. The molecule has 0 unspecified atom stereocenters. The van der Waals surface area contributed by atoms with Crippen molar-refractivity contribution >= 4 is 6.03 Å². The van der Waals surface area contributed by atoms with Gasteiger partial charge in [-0.2, -0.15) is 5.10 Å². The van der Waals surface area contributed by atoms with Crippen LogP contribution in [0.2, 0.25) is 0 Å². The molecule has 2 aliphatic carbocycles. The lowest BCUT2D eigenvalue weighted by molar-refractivity contribution is 0.0611. The first-order valence-corrected chi connectivity index (χ1v) is 10.5. The Hall–Kier alpha value is -1.83. The minimum absolute atomic E-state index is 0.0246. The number of carbonyl (C=O) groups is 1. The molecule has 8 nitrogen and oxygen atoms in total. The third-order valence-electron chi connectivity index (χ3n) is 7.36. The molecule has 27 heavy (non-hydrogen) atoms. The van der Waals surface area contributed by atoms with Crippen LogP contribution >= 0.6 is 0 Å². The predicted molar refractivity (Wildman–Crippen MR) is 96.4 cm³/mol. The number of rotatable bonds is 4. The Morgan fingerprint density at radius 1 is 1.19 bits per heavy atom. The highest BCUT2D eigenvalue weighted by Crippen LogP contribution is 2.60. The number of nitrogens with zero attached hydrogens (tertiary/aromatic N) is 3. The first kappa shape index (κ1) is 16.2. The Labute approximate surface area is 157 Å². The topological polar surface area (TPSA) is 92.2 Å². The summed E-state index contributed by atoms with van der Waals surface area (Å²) in [4.78, 5) is 29.5. The van der Waals surface area contributed by atoms with Gasteiger partial charge in [-0.1, -0.05) is 0 Å². The Bertz CT molecular complexity index is 807. The van der Waals surface area contributed by atoms with E-state index in [9.17, 15) is 9.59 Å². The molecule has 1 aromatic rings. The van der Waals surface area contributed by atoms with E-state index in [4.69, 9.17) is 4.74 Å². The molecule has 0 spiro atoms. The fourth-order valence-electron chi connectivity index (χ4n) is 5.55. The number of amides is 2. The summed E-state index contributed by atoms with van der Waals surface area (Å²) in [6.45, 7) is 2.08. The van der Waals surface area contributed by atoms with Crippen LogP contribution in [0, 0.1) is 17.8 Å². The van der Waals surface area contributed by atoms with Gasteiger partial charge in [-0.3, -0.25) is 4.98 Å². The number of piperidine rings is 1. The van der Waals surface area contributed by atoms with Gasteiger partial charge < -0.3 is 15.0 Å². The lowest BCUT2D eigenvalue weighted by Crippen LogP contribution is -2.47. The van der Waals surface area contributed by atoms with Crippen LogP contribution in [-0.2, 0) is 4.74 Å². The number of nitrogens with one attached hydrogen (secondary N) is 2. The van der Waals surface area contributed by atoms with Crippen molar-refractivity contribution in [1.29, 1.82) is 0 Å². The van der Waals surface area contributed by atoms with E-state index in [0.29, 0.717) is 37.1 Å². The largest absolute Gasteiger partial charge is 0.374 e. The number of hydrogen-bond acceptors (Lipinski definition) is 4. The second-order valence-corrected chi connectivity index (χ2v) is 9.14. The Morgan fingerprint density at radius 2 is 2.00 bits per heavy atom. The van der Waals surface area contributed by atoms with Gasteiger partial charge in [0.15, 0.2) is 0 Å². The molecule has 146 valence electrons. The van der Waals surface area contributed by atoms with E-state index >= 15 is 0 Å². The van der Waals surface area contributed by atoms with Gasteiger partial charge in [-0.15, -0.1) is 0 Å². The van der Waals surface area contributed by atoms with E-state index in [1.54, 1.807) is 4.68 Å². The Morgan fingerprint density at radius 3 is 2.70 bits per heavy atom. The summed E-state index contributed by atoms with van der Waals surface area (Å²) in [6.07, 6.45) is 7.11. The molecule has 2 bridgehead atoms. The van der Waals surface area contributed by atoms with E-state index in [-0.39, 0.29) is 17.8 Å². The zero-order chi connectivity index (χ0) is 18.1. The normalized spacial score (nSPS) is 37.5. The van der Waals surface area contributed by atoms with Crippen molar-refractivity contribution < 1.29 is 9.53 Å². The minimum Gasteiger partial charge on any atom is -0.374 e. The lowest BCUT2D eigenvalue weighted by atomic mass is 9.89. The summed E-state index contributed by atoms with van der Waals surface area (Å²) in [5, 5.41) is 7.63. The van der Waals surface area contributed by atoms with Gasteiger partial charge >= 0.3 is 11.7 Å². The molecule has 8 heteroatoms. The second kappa shape index (κ2) is 5.83. The molecule has 2 saturated carbocycles. The van der Waals surface area contributed by atoms with Crippen LogP contribution in [0.1, 0.15) is 56.3 Å². The molecule has 2 N–H and O–H groups in total. The van der Waals surface area contributed by atoms with Crippen molar-refractivity contribution in [3.63, 3.8) is 0 Å². The highest BCUT2D eigenvalue weighted by Gasteiger charge is 2.62. The zero-order valence-electron chi connectivity index (χ0n) is 15.5. The van der Waals surface area contributed by atoms with Gasteiger partial charge in [-0.05, 0) is 50.4 Å². The number of carbonyl (C=O) groups excluding carboxylic acids is 1. The second-order valence-electron chi connectivity index (χ2n) is 9.14. The molecule has 3 aliphatic heterocycles. The van der Waals surface area contributed by atoms with E-state index in [1.165, 1.54) is 6.42 Å².